The van der Waals surface area contributed by atoms with E-state index in [2.05, 4.69) is 10.3 Å². The SMILES string of the molecule is COC(=O)c1cc(N)cc(Cl)c1NCc1csc(=O)[nH]1. The van der Waals surface area contributed by atoms with Gasteiger partial charge in [-0.1, -0.05) is 22.9 Å². The molecule has 6 nitrogen and oxygen atoms in total. The van der Waals surface area contributed by atoms with Crippen LogP contribution in [-0.2, 0) is 11.3 Å². The Labute approximate surface area is 123 Å². The van der Waals surface area contributed by atoms with Gasteiger partial charge in [0.05, 0.1) is 29.9 Å². The van der Waals surface area contributed by atoms with Crippen LogP contribution in [0.1, 0.15) is 16.1 Å². The van der Waals surface area contributed by atoms with E-state index in [-0.39, 0.29) is 10.4 Å². The topological polar surface area (TPSA) is 97.2 Å². The quantitative estimate of drug-likeness (QED) is 0.593. The highest BCUT2D eigenvalue weighted by atomic mass is 35.5. The van der Waals surface area contributed by atoms with Gasteiger partial charge in [-0.05, 0) is 12.1 Å². The highest BCUT2D eigenvalue weighted by Crippen LogP contribution is 2.30. The molecule has 8 heteroatoms. The number of nitrogens with two attached hydrogens (primary N) is 1. The van der Waals surface area contributed by atoms with Crippen LogP contribution in [0.3, 0.4) is 0 Å². The molecule has 106 valence electrons. The van der Waals surface area contributed by atoms with E-state index in [1.165, 1.54) is 19.2 Å². The zero-order valence-corrected chi connectivity index (χ0v) is 12.1. The molecule has 0 bridgehead atoms. The summed E-state index contributed by atoms with van der Waals surface area (Å²) < 4.78 is 4.69. The number of carbonyl (C=O) groups is 1. The molecular formula is C12H12ClN3O3S. The van der Waals surface area contributed by atoms with Gasteiger partial charge in [0, 0.05) is 16.8 Å². The zero-order chi connectivity index (χ0) is 14.7. The number of carbonyl (C=O) groups excluding carboxylic acids is 1. The third kappa shape index (κ3) is 3.12. The van der Waals surface area contributed by atoms with Crippen LogP contribution in [0.5, 0.6) is 0 Å². The Morgan fingerprint density at radius 2 is 2.30 bits per heavy atom. The maximum absolute atomic E-state index is 11.7. The van der Waals surface area contributed by atoms with Crippen LogP contribution in [-0.4, -0.2) is 18.1 Å². The molecule has 0 atom stereocenters. The molecule has 2 rings (SSSR count). The highest BCUT2D eigenvalue weighted by Gasteiger charge is 2.16. The van der Waals surface area contributed by atoms with E-state index >= 15 is 0 Å². The van der Waals surface area contributed by atoms with Gasteiger partial charge in [-0.15, -0.1) is 0 Å². The first kappa shape index (κ1) is 14.4. The number of H-pyrrole nitrogens is 1. The van der Waals surface area contributed by atoms with Gasteiger partial charge in [-0.2, -0.15) is 0 Å². The molecule has 1 heterocycles. The summed E-state index contributed by atoms with van der Waals surface area (Å²) in [5.41, 5.74) is 7.39. The first-order valence-corrected chi connectivity index (χ1v) is 6.85. The lowest BCUT2D eigenvalue weighted by Crippen LogP contribution is -2.10. The lowest BCUT2D eigenvalue weighted by atomic mass is 10.1. The summed E-state index contributed by atoms with van der Waals surface area (Å²) in [5.74, 6) is -0.541. The second kappa shape index (κ2) is 5.98. The smallest absolute Gasteiger partial charge is 0.340 e. The number of halogens is 1. The first-order chi connectivity index (χ1) is 9.51. The van der Waals surface area contributed by atoms with Gasteiger partial charge in [-0.3, -0.25) is 4.79 Å². The normalized spacial score (nSPS) is 10.3. The summed E-state index contributed by atoms with van der Waals surface area (Å²) in [5, 5.41) is 5.00. The minimum atomic E-state index is -0.541. The second-order valence-electron chi connectivity index (χ2n) is 3.94. The van der Waals surface area contributed by atoms with Crippen LogP contribution in [0.2, 0.25) is 5.02 Å². The third-order valence-corrected chi connectivity index (χ3v) is 3.56. The summed E-state index contributed by atoms with van der Waals surface area (Å²) in [6.07, 6.45) is 0. The van der Waals surface area contributed by atoms with E-state index < -0.39 is 5.97 Å². The molecule has 4 N–H and O–H groups in total. The summed E-state index contributed by atoms with van der Waals surface area (Å²) in [4.78, 5) is 25.3. The van der Waals surface area contributed by atoms with Crippen LogP contribution in [0.25, 0.3) is 0 Å². The van der Waals surface area contributed by atoms with Gasteiger partial charge in [-0.25, -0.2) is 4.79 Å². The number of esters is 1. The molecule has 0 spiro atoms. The van der Waals surface area contributed by atoms with Crippen molar-refractivity contribution in [3.63, 3.8) is 0 Å². The lowest BCUT2D eigenvalue weighted by Gasteiger charge is -2.13. The van der Waals surface area contributed by atoms with Crippen LogP contribution in [0, 0.1) is 0 Å². The maximum Gasteiger partial charge on any atom is 0.340 e. The number of anilines is 2. The number of thiazole rings is 1. The Bertz CT molecular complexity index is 695. The fourth-order valence-corrected chi connectivity index (χ4v) is 2.54. The van der Waals surface area contributed by atoms with Crippen molar-refractivity contribution < 1.29 is 9.53 Å². The van der Waals surface area contributed by atoms with E-state index in [0.717, 1.165) is 11.3 Å². The van der Waals surface area contributed by atoms with Gasteiger partial charge in [0.1, 0.15) is 0 Å². The molecule has 0 saturated heterocycles. The zero-order valence-electron chi connectivity index (χ0n) is 10.5. The van der Waals surface area contributed by atoms with Gasteiger partial charge in [0.15, 0.2) is 0 Å². The molecule has 2 aromatic rings. The third-order valence-electron chi connectivity index (χ3n) is 2.54. The van der Waals surface area contributed by atoms with Crippen molar-refractivity contribution >= 4 is 40.3 Å². The number of methoxy groups -OCH3 is 1. The highest BCUT2D eigenvalue weighted by molar-refractivity contribution is 7.07. The number of hydrogen-bond donors (Lipinski definition) is 3. The average molecular weight is 314 g/mol. The fraction of sp³-hybridized carbons (Fsp3) is 0.167. The minimum absolute atomic E-state index is 0.140. The van der Waals surface area contributed by atoms with Gasteiger partial charge >= 0.3 is 10.8 Å². The number of aromatic amines is 1. The molecule has 0 saturated carbocycles. The molecule has 0 unspecified atom stereocenters. The summed E-state index contributed by atoms with van der Waals surface area (Å²) >= 11 is 7.15. The van der Waals surface area contributed by atoms with Gasteiger partial charge < -0.3 is 20.8 Å². The predicted octanol–water partition coefficient (Wildman–Crippen LogP) is 2.07. The number of aromatic nitrogens is 1. The molecule has 0 aliphatic heterocycles. The minimum Gasteiger partial charge on any atom is -0.465 e. The van der Waals surface area contributed by atoms with Crippen molar-refractivity contribution in [3.8, 4) is 0 Å². The average Bonchev–Trinajstić information content (AvgIpc) is 2.81. The van der Waals surface area contributed by atoms with Crippen molar-refractivity contribution in [1.82, 2.24) is 4.98 Å². The molecular weight excluding hydrogens is 302 g/mol. The number of nitrogens with one attached hydrogen (secondary N) is 2. The predicted molar refractivity (Wildman–Crippen MR) is 79.5 cm³/mol. The summed E-state index contributed by atoms with van der Waals surface area (Å²) in [7, 11) is 1.28. The standard InChI is InChI=1S/C12H12ClN3O3S/c1-19-11(17)8-2-6(14)3-9(13)10(8)15-4-7-5-20-12(18)16-7/h2-3,5,15H,4,14H2,1H3,(H,16,18). The molecule has 20 heavy (non-hydrogen) atoms. The van der Waals surface area contributed by atoms with E-state index in [1.807, 2.05) is 0 Å². The van der Waals surface area contributed by atoms with E-state index in [4.69, 9.17) is 22.1 Å². The number of benzene rings is 1. The Morgan fingerprint density at radius 3 is 2.90 bits per heavy atom. The molecule has 1 aromatic carbocycles. The molecule has 1 aromatic heterocycles. The number of nitrogen functional groups attached to an aromatic ring is 1. The lowest BCUT2D eigenvalue weighted by molar-refractivity contribution is 0.0602. The second-order valence-corrected chi connectivity index (χ2v) is 5.19. The monoisotopic (exact) mass is 313 g/mol. The molecule has 0 aliphatic rings. The Kier molecular flexibility index (Phi) is 4.31. The van der Waals surface area contributed by atoms with Gasteiger partial charge in [0.2, 0.25) is 0 Å². The fourth-order valence-electron chi connectivity index (χ4n) is 1.66. The molecule has 0 fully saturated rings. The molecule has 0 radical (unpaired) electrons. The van der Waals surface area contributed by atoms with Crippen molar-refractivity contribution in [2.75, 3.05) is 18.2 Å². The van der Waals surface area contributed by atoms with Gasteiger partial charge in [0.25, 0.3) is 0 Å². The van der Waals surface area contributed by atoms with E-state index in [9.17, 15) is 9.59 Å². The van der Waals surface area contributed by atoms with Crippen molar-refractivity contribution in [2.45, 2.75) is 6.54 Å². The maximum atomic E-state index is 11.7. The van der Waals surface area contributed by atoms with Crippen LogP contribution >= 0.6 is 22.9 Å². The van der Waals surface area contributed by atoms with Crippen LogP contribution in [0.15, 0.2) is 22.3 Å². The molecule has 0 aliphatic carbocycles. The van der Waals surface area contributed by atoms with E-state index in [1.54, 1.807) is 5.38 Å². The van der Waals surface area contributed by atoms with Crippen LogP contribution < -0.4 is 15.9 Å². The number of hydrogen-bond acceptors (Lipinski definition) is 6. The largest absolute Gasteiger partial charge is 0.465 e. The summed E-state index contributed by atoms with van der Waals surface area (Å²) in [6, 6.07) is 3.02. The van der Waals surface area contributed by atoms with Crippen molar-refractivity contribution in [2.24, 2.45) is 0 Å². The number of ether oxygens (including phenoxy) is 1. The van der Waals surface area contributed by atoms with E-state index in [0.29, 0.717) is 28.6 Å². The first-order valence-electron chi connectivity index (χ1n) is 5.59. The van der Waals surface area contributed by atoms with Crippen molar-refractivity contribution in [1.29, 1.82) is 0 Å². The number of rotatable bonds is 4. The Hall–Kier alpha value is -1.99. The Morgan fingerprint density at radius 1 is 1.55 bits per heavy atom. The van der Waals surface area contributed by atoms with Crippen molar-refractivity contribution in [3.05, 3.63) is 43.5 Å². The molecule has 0 amide bonds. The van der Waals surface area contributed by atoms with Crippen LogP contribution in [0.4, 0.5) is 11.4 Å². The Balaban J connectivity index is 2.30. The summed E-state index contributed by atoms with van der Waals surface area (Å²) in [6.45, 7) is 0.326.